The molecule has 2 atom stereocenters. The lowest BCUT2D eigenvalue weighted by molar-refractivity contribution is -0.132. The Morgan fingerprint density at radius 3 is 2.73 bits per heavy atom. The van der Waals surface area contributed by atoms with Crippen molar-refractivity contribution in [1.82, 2.24) is 15.3 Å². The molecule has 2 unspecified atom stereocenters. The van der Waals surface area contributed by atoms with Crippen molar-refractivity contribution in [3.63, 3.8) is 0 Å². The van der Waals surface area contributed by atoms with Gasteiger partial charge < -0.3 is 4.90 Å². The summed E-state index contributed by atoms with van der Waals surface area (Å²) < 4.78 is 0. The first-order chi connectivity index (χ1) is 12.6. The molecule has 134 valence electrons. The second-order valence-electron chi connectivity index (χ2n) is 6.97. The van der Waals surface area contributed by atoms with E-state index < -0.39 is 0 Å². The van der Waals surface area contributed by atoms with Gasteiger partial charge in [-0.05, 0) is 33.1 Å². The number of amides is 1. The number of amidine groups is 1. The van der Waals surface area contributed by atoms with Crippen molar-refractivity contribution >= 4 is 17.5 Å². The van der Waals surface area contributed by atoms with E-state index in [0.29, 0.717) is 5.82 Å². The van der Waals surface area contributed by atoms with Crippen LogP contribution in [0, 0.1) is 11.8 Å². The Morgan fingerprint density at radius 2 is 1.92 bits per heavy atom. The van der Waals surface area contributed by atoms with E-state index in [-0.39, 0.29) is 17.7 Å². The first-order valence-corrected chi connectivity index (χ1v) is 8.97. The van der Waals surface area contributed by atoms with Crippen LogP contribution in [0.15, 0.2) is 70.0 Å². The van der Waals surface area contributed by atoms with E-state index in [1.807, 2.05) is 42.5 Å². The second-order valence-corrected chi connectivity index (χ2v) is 6.97. The molecule has 0 fully saturated rings. The van der Waals surface area contributed by atoms with Crippen molar-refractivity contribution in [2.45, 2.75) is 6.42 Å². The minimum absolute atomic E-state index is 0.0134. The number of nitrogens with zero attached hydrogens (tertiary/aromatic N) is 4. The number of carbonyl (C=O) groups is 1. The highest BCUT2D eigenvalue weighted by Crippen LogP contribution is 2.34. The summed E-state index contributed by atoms with van der Waals surface area (Å²) in [5, 5.41) is 1.57. The highest BCUT2D eigenvalue weighted by molar-refractivity contribution is 6.15. The third-order valence-corrected chi connectivity index (χ3v) is 4.78. The van der Waals surface area contributed by atoms with Gasteiger partial charge in [-0.2, -0.15) is 0 Å². The van der Waals surface area contributed by atoms with Crippen LogP contribution >= 0.6 is 0 Å². The summed E-state index contributed by atoms with van der Waals surface area (Å²) in [6.45, 7) is 1.71. The van der Waals surface area contributed by atoms with Crippen molar-refractivity contribution in [1.29, 1.82) is 0 Å². The van der Waals surface area contributed by atoms with Crippen molar-refractivity contribution in [3.8, 4) is 0 Å². The Morgan fingerprint density at radius 1 is 1.15 bits per heavy atom. The molecular formula is C20H23N5O. The molecule has 6 heteroatoms. The van der Waals surface area contributed by atoms with Gasteiger partial charge in [0, 0.05) is 12.1 Å². The number of hydrogen-bond donors (Lipinski definition) is 1. The zero-order valence-corrected chi connectivity index (χ0v) is 15.1. The average Bonchev–Trinajstić information content (AvgIpc) is 2.66. The van der Waals surface area contributed by atoms with Gasteiger partial charge in [0.25, 0.3) is 5.91 Å². The van der Waals surface area contributed by atoms with Gasteiger partial charge in [-0.15, -0.1) is 0 Å². The standard InChI is InChI=1S/C20H23N5O/c1-24(2)13-7-12-21-18-14-8-3-4-9-15(14)19-22-17-11-6-5-10-16(17)20(26)25(19)23-18/h3-6,8-11,14,16H,7,12-13H2,1-2H3,(H,21,23). The molecule has 0 aromatic carbocycles. The number of hydrogen-bond acceptors (Lipinski definition) is 4. The highest BCUT2D eigenvalue weighted by atomic mass is 16.2. The van der Waals surface area contributed by atoms with Gasteiger partial charge in [0.15, 0.2) is 5.82 Å². The highest BCUT2D eigenvalue weighted by Gasteiger charge is 2.40. The van der Waals surface area contributed by atoms with Gasteiger partial charge >= 0.3 is 0 Å². The molecule has 6 nitrogen and oxygen atoms in total. The number of fused-ring (bicyclic) bond motifs is 3. The quantitative estimate of drug-likeness (QED) is 0.788. The molecule has 0 saturated heterocycles. The van der Waals surface area contributed by atoms with E-state index in [4.69, 9.17) is 9.98 Å². The maximum Gasteiger partial charge on any atom is 0.260 e. The molecule has 2 aliphatic heterocycles. The van der Waals surface area contributed by atoms with Crippen LogP contribution in [0.3, 0.4) is 0 Å². The summed E-state index contributed by atoms with van der Waals surface area (Å²) in [7, 11) is 4.11. The molecule has 4 rings (SSSR count). The van der Waals surface area contributed by atoms with Gasteiger partial charge in [0.05, 0.1) is 11.6 Å². The molecule has 2 aliphatic carbocycles. The van der Waals surface area contributed by atoms with E-state index >= 15 is 0 Å². The number of nitrogens with one attached hydrogen (secondary N) is 1. The first-order valence-electron chi connectivity index (χ1n) is 8.97. The Hall–Kier alpha value is -2.73. The largest absolute Gasteiger partial charge is 0.309 e. The van der Waals surface area contributed by atoms with E-state index in [2.05, 4.69) is 30.5 Å². The number of allylic oxidation sites excluding steroid dienone is 6. The lowest BCUT2D eigenvalue weighted by Gasteiger charge is -2.39. The number of carbonyl (C=O) groups excluding carboxylic acids is 1. The molecule has 1 amide bonds. The summed E-state index contributed by atoms with van der Waals surface area (Å²) in [5.41, 5.74) is 5.05. The molecule has 0 spiro atoms. The van der Waals surface area contributed by atoms with Gasteiger partial charge in [-0.25, -0.2) is 10.0 Å². The third-order valence-electron chi connectivity index (χ3n) is 4.78. The minimum Gasteiger partial charge on any atom is -0.309 e. The SMILES string of the molecule is CN(C)CCCN=C1NN2C(=O)C3C=CC=CC3=NC2=C2C=CC=CC12. The minimum atomic E-state index is -0.327. The van der Waals surface area contributed by atoms with E-state index in [1.165, 1.54) is 0 Å². The molecule has 2 heterocycles. The average molecular weight is 349 g/mol. The Kier molecular flexibility index (Phi) is 4.42. The monoisotopic (exact) mass is 349 g/mol. The summed E-state index contributed by atoms with van der Waals surface area (Å²) >= 11 is 0. The van der Waals surface area contributed by atoms with Gasteiger partial charge in [0.1, 0.15) is 11.8 Å². The topological polar surface area (TPSA) is 60.3 Å². The molecule has 0 radical (unpaired) electrons. The van der Waals surface area contributed by atoms with E-state index in [1.54, 1.807) is 5.01 Å². The number of aliphatic imine (C=N–C) groups is 2. The van der Waals surface area contributed by atoms with Crippen LogP contribution in [-0.4, -0.2) is 54.5 Å². The van der Waals surface area contributed by atoms with Crippen LogP contribution in [0.5, 0.6) is 0 Å². The first kappa shape index (κ1) is 16.7. The normalized spacial score (nSPS) is 27.5. The van der Waals surface area contributed by atoms with E-state index in [9.17, 15) is 4.79 Å². The summed E-state index contributed by atoms with van der Waals surface area (Å²) in [4.78, 5) is 24.7. The molecular weight excluding hydrogens is 326 g/mol. The fraction of sp³-hybridized carbons (Fsp3) is 0.350. The molecule has 0 saturated carbocycles. The predicted octanol–water partition coefficient (Wildman–Crippen LogP) is 1.83. The van der Waals surface area contributed by atoms with Crippen molar-refractivity contribution in [2.24, 2.45) is 21.8 Å². The lowest BCUT2D eigenvalue weighted by atomic mass is 9.89. The van der Waals surface area contributed by atoms with Crippen LogP contribution in [-0.2, 0) is 4.79 Å². The van der Waals surface area contributed by atoms with Crippen LogP contribution in [0.1, 0.15) is 6.42 Å². The van der Waals surface area contributed by atoms with Crippen LogP contribution < -0.4 is 5.43 Å². The fourth-order valence-electron chi connectivity index (χ4n) is 3.46. The Balaban J connectivity index is 1.68. The Labute approximate surface area is 153 Å². The molecule has 1 N–H and O–H groups in total. The summed E-state index contributed by atoms with van der Waals surface area (Å²) in [6.07, 6.45) is 16.7. The molecule has 4 aliphatic rings. The van der Waals surface area contributed by atoms with Crippen LogP contribution in [0.25, 0.3) is 0 Å². The molecule has 26 heavy (non-hydrogen) atoms. The van der Waals surface area contributed by atoms with Gasteiger partial charge in [-0.3, -0.25) is 15.2 Å². The number of hydrazine groups is 1. The summed E-state index contributed by atoms with van der Waals surface area (Å²) in [6, 6.07) is 0. The Bertz CT molecular complexity index is 825. The van der Waals surface area contributed by atoms with Crippen LogP contribution in [0.4, 0.5) is 0 Å². The van der Waals surface area contributed by atoms with Crippen molar-refractivity contribution < 1.29 is 4.79 Å². The number of rotatable bonds is 4. The fourth-order valence-corrected chi connectivity index (χ4v) is 3.46. The molecule has 0 aromatic heterocycles. The third kappa shape index (κ3) is 2.97. The van der Waals surface area contributed by atoms with Crippen LogP contribution in [0.2, 0.25) is 0 Å². The molecule has 0 aromatic rings. The molecule has 0 bridgehead atoms. The smallest absolute Gasteiger partial charge is 0.260 e. The zero-order valence-electron chi connectivity index (χ0n) is 15.1. The van der Waals surface area contributed by atoms with E-state index in [0.717, 1.165) is 36.6 Å². The maximum absolute atomic E-state index is 13.0. The van der Waals surface area contributed by atoms with Gasteiger partial charge in [-0.1, -0.05) is 42.5 Å². The zero-order chi connectivity index (χ0) is 18.1. The maximum atomic E-state index is 13.0. The van der Waals surface area contributed by atoms with Crippen molar-refractivity contribution in [3.05, 3.63) is 60.0 Å². The van der Waals surface area contributed by atoms with Crippen molar-refractivity contribution in [2.75, 3.05) is 27.2 Å². The predicted molar refractivity (Wildman–Crippen MR) is 103 cm³/mol. The lowest BCUT2D eigenvalue weighted by Crippen LogP contribution is -2.56. The second kappa shape index (κ2) is 6.88. The summed E-state index contributed by atoms with van der Waals surface area (Å²) in [5.74, 6) is 1.17. The van der Waals surface area contributed by atoms with Gasteiger partial charge in [0.2, 0.25) is 0 Å².